The van der Waals surface area contributed by atoms with Gasteiger partial charge in [0, 0.05) is 24.4 Å². The van der Waals surface area contributed by atoms with Crippen LogP contribution in [0, 0.1) is 0 Å². The smallest absolute Gasteiger partial charge is 0.140 e. The van der Waals surface area contributed by atoms with Crippen LogP contribution in [0.1, 0.15) is 57.1 Å². The molecule has 2 heterocycles. The first-order valence-corrected chi connectivity index (χ1v) is 6.90. The number of nitrogens with two attached hydrogens (primary N) is 1. The molecule has 2 aliphatic rings. The number of hydrogen-bond donors (Lipinski definition) is 1. The third-order valence-corrected chi connectivity index (χ3v) is 4.65. The zero-order valence-corrected chi connectivity index (χ0v) is 10.7. The molecule has 0 spiro atoms. The van der Waals surface area contributed by atoms with E-state index in [-0.39, 0.29) is 11.5 Å². The van der Waals surface area contributed by atoms with Crippen LogP contribution in [0.25, 0.3) is 0 Å². The van der Waals surface area contributed by atoms with Crippen LogP contribution >= 0.6 is 0 Å². The summed E-state index contributed by atoms with van der Waals surface area (Å²) in [6.45, 7) is 3.36. The minimum atomic E-state index is 0.0425. The van der Waals surface area contributed by atoms with Gasteiger partial charge in [-0.05, 0) is 25.7 Å². The predicted molar refractivity (Wildman–Crippen MR) is 66.8 cm³/mol. The molecule has 2 N–H and O–H groups in total. The summed E-state index contributed by atoms with van der Waals surface area (Å²) in [6.07, 6.45) is 8.40. The Labute approximate surface area is 103 Å². The van der Waals surface area contributed by atoms with Crippen molar-refractivity contribution in [1.29, 1.82) is 0 Å². The summed E-state index contributed by atoms with van der Waals surface area (Å²) in [4.78, 5) is 0. The molecule has 4 nitrogen and oxygen atoms in total. The lowest BCUT2D eigenvalue weighted by Gasteiger charge is -2.39. The van der Waals surface area contributed by atoms with Crippen molar-refractivity contribution < 1.29 is 0 Å². The zero-order chi connectivity index (χ0) is 11.9. The van der Waals surface area contributed by atoms with E-state index in [1.165, 1.54) is 31.5 Å². The van der Waals surface area contributed by atoms with Crippen LogP contribution < -0.4 is 5.73 Å². The topological polar surface area (TPSA) is 56.7 Å². The van der Waals surface area contributed by atoms with Gasteiger partial charge in [0.2, 0.25) is 0 Å². The Bertz CT molecular complexity index is 412. The first kappa shape index (κ1) is 11.2. The average molecular weight is 234 g/mol. The third-order valence-electron chi connectivity index (χ3n) is 4.65. The van der Waals surface area contributed by atoms with Gasteiger partial charge >= 0.3 is 0 Å². The van der Waals surface area contributed by atoms with Gasteiger partial charge in [0.25, 0.3) is 0 Å². The van der Waals surface area contributed by atoms with Crippen LogP contribution in [0.5, 0.6) is 0 Å². The highest BCUT2D eigenvalue weighted by atomic mass is 15.3. The maximum absolute atomic E-state index is 6.36. The molecule has 1 saturated carbocycles. The molecule has 4 heteroatoms. The third kappa shape index (κ3) is 1.69. The molecule has 0 amide bonds. The lowest BCUT2D eigenvalue weighted by Crippen LogP contribution is -2.47. The van der Waals surface area contributed by atoms with E-state index in [0.717, 1.165) is 31.6 Å². The van der Waals surface area contributed by atoms with Gasteiger partial charge in [0.1, 0.15) is 11.6 Å². The molecule has 1 fully saturated rings. The minimum absolute atomic E-state index is 0.0425. The Morgan fingerprint density at radius 3 is 2.94 bits per heavy atom. The first-order chi connectivity index (χ1) is 8.22. The number of fused-ring (bicyclic) bond motifs is 1. The fourth-order valence-electron chi connectivity index (χ4n) is 3.37. The van der Waals surface area contributed by atoms with Gasteiger partial charge in [-0.15, -0.1) is 10.2 Å². The van der Waals surface area contributed by atoms with Crippen molar-refractivity contribution in [3.05, 3.63) is 11.6 Å². The summed E-state index contributed by atoms with van der Waals surface area (Å²) in [5, 5.41) is 8.85. The highest BCUT2D eigenvalue weighted by molar-refractivity contribution is 5.15. The Balaban J connectivity index is 1.99. The lowest BCUT2D eigenvalue weighted by atomic mass is 9.71. The van der Waals surface area contributed by atoms with Gasteiger partial charge in [0.15, 0.2) is 0 Å². The minimum Gasteiger partial charge on any atom is -0.327 e. The summed E-state index contributed by atoms with van der Waals surface area (Å²) in [5.74, 6) is 2.32. The Kier molecular flexibility index (Phi) is 2.69. The second-order valence-corrected chi connectivity index (χ2v) is 5.82. The van der Waals surface area contributed by atoms with E-state index in [1.54, 1.807) is 0 Å². The summed E-state index contributed by atoms with van der Waals surface area (Å²) >= 11 is 0. The van der Waals surface area contributed by atoms with Gasteiger partial charge in [-0.25, -0.2) is 0 Å². The molecule has 0 radical (unpaired) electrons. The molecule has 1 aromatic rings. The van der Waals surface area contributed by atoms with Crippen molar-refractivity contribution in [2.75, 3.05) is 0 Å². The van der Waals surface area contributed by atoms with Crippen molar-refractivity contribution in [2.24, 2.45) is 5.73 Å². The van der Waals surface area contributed by atoms with E-state index in [0.29, 0.717) is 0 Å². The van der Waals surface area contributed by atoms with Gasteiger partial charge < -0.3 is 10.3 Å². The molecule has 1 aromatic heterocycles. The molecule has 0 bridgehead atoms. The molecule has 2 atom stereocenters. The molecular weight excluding hydrogens is 212 g/mol. The van der Waals surface area contributed by atoms with Gasteiger partial charge in [-0.2, -0.15) is 0 Å². The van der Waals surface area contributed by atoms with E-state index in [9.17, 15) is 0 Å². The number of rotatable bonds is 1. The van der Waals surface area contributed by atoms with Crippen LogP contribution in [0.15, 0.2) is 0 Å². The molecule has 0 aromatic carbocycles. The highest BCUT2D eigenvalue weighted by Crippen LogP contribution is 2.38. The van der Waals surface area contributed by atoms with Crippen molar-refractivity contribution in [3.63, 3.8) is 0 Å². The first-order valence-electron chi connectivity index (χ1n) is 6.90. The molecule has 1 aliphatic heterocycles. The zero-order valence-electron chi connectivity index (χ0n) is 10.7. The van der Waals surface area contributed by atoms with Gasteiger partial charge in [-0.1, -0.05) is 19.8 Å². The summed E-state index contributed by atoms with van der Waals surface area (Å²) in [7, 11) is 0. The van der Waals surface area contributed by atoms with Crippen LogP contribution in [-0.2, 0) is 18.4 Å². The molecule has 0 saturated heterocycles. The van der Waals surface area contributed by atoms with Crippen LogP contribution in [0.3, 0.4) is 0 Å². The quantitative estimate of drug-likeness (QED) is 0.805. The summed E-state index contributed by atoms with van der Waals surface area (Å²) in [6, 6.07) is 0.242. The van der Waals surface area contributed by atoms with Crippen molar-refractivity contribution >= 4 is 0 Å². The van der Waals surface area contributed by atoms with Crippen LogP contribution in [-0.4, -0.2) is 20.8 Å². The second-order valence-electron chi connectivity index (χ2n) is 5.82. The van der Waals surface area contributed by atoms with Crippen LogP contribution in [0.2, 0.25) is 0 Å². The van der Waals surface area contributed by atoms with Crippen molar-refractivity contribution in [1.82, 2.24) is 14.8 Å². The molecule has 17 heavy (non-hydrogen) atoms. The lowest BCUT2D eigenvalue weighted by molar-refractivity contribution is 0.248. The standard InChI is InChI=1S/C13H22N4/c1-13(8-4-2-6-10(13)14)12-16-15-11-7-3-5-9-17(11)12/h10H,2-9,14H2,1H3. The monoisotopic (exact) mass is 234 g/mol. The molecule has 2 unspecified atom stereocenters. The maximum Gasteiger partial charge on any atom is 0.140 e. The second kappa shape index (κ2) is 4.09. The fourth-order valence-corrected chi connectivity index (χ4v) is 3.37. The van der Waals surface area contributed by atoms with E-state index < -0.39 is 0 Å². The van der Waals surface area contributed by atoms with Gasteiger partial charge in [0.05, 0.1) is 0 Å². The maximum atomic E-state index is 6.36. The Morgan fingerprint density at radius 2 is 2.12 bits per heavy atom. The van der Waals surface area contributed by atoms with E-state index in [4.69, 9.17) is 5.73 Å². The molecular formula is C13H22N4. The number of hydrogen-bond acceptors (Lipinski definition) is 3. The van der Waals surface area contributed by atoms with Crippen molar-refractivity contribution in [3.8, 4) is 0 Å². The van der Waals surface area contributed by atoms with E-state index in [2.05, 4.69) is 21.7 Å². The molecule has 94 valence electrons. The molecule has 1 aliphatic carbocycles. The summed E-state index contributed by atoms with van der Waals surface area (Å²) < 4.78 is 2.34. The predicted octanol–water partition coefficient (Wildman–Crippen LogP) is 1.77. The Morgan fingerprint density at radius 1 is 1.24 bits per heavy atom. The number of aromatic nitrogens is 3. The van der Waals surface area contributed by atoms with Crippen LogP contribution in [0.4, 0.5) is 0 Å². The van der Waals surface area contributed by atoms with Crippen molar-refractivity contribution in [2.45, 2.75) is 69.9 Å². The Hall–Kier alpha value is -0.900. The van der Waals surface area contributed by atoms with E-state index >= 15 is 0 Å². The molecule has 3 rings (SSSR count). The summed E-state index contributed by atoms with van der Waals surface area (Å²) in [5.41, 5.74) is 6.40. The fraction of sp³-hybridized carbons (Fsp3) is 0.846. The highest BCUT2D eigenvalue weighted by Gasteiger charge is 2.40. The van der Waals surface area contributed by atoms with Gasteiger partial charge in [-0.3, -0.25) is 0 Å². The number of nitrogens with zero attached hydrogens (tertiary/aromatic N) is 3. The number of aryl methyl sites for hydroxylation is 1. The SMILES string of the molecule is CC1(c2nnc3n2CCCC3)CCCCC1N. The normalized spacial score (nSPS) is 33.4. The average Bonchev–Trinajstić information content (AvgIpc) is 2.77. The van der Waals surface area contributed by atoms with E-state index in [1.807, 2.05) is 0 Å². The largest absolute Gasteiger partial charge is 0.327 e.